The lowest BCUT2D eigenvalue weighted by atomic mass is 10.2. The van der Waals surface area contributed by atoms with Gasteiger partial charge in [0.2, 0.25) is 0 Å². The highest BCUT2D eigenvalue weighted by Gasteiger charge is 2.16. The van der Waals surface area contributed by atoms with E-state index in [1.807, 2.05) is 0 Å². The molecule has 0 amide bonds. The second-order valence-corrected chi connectivity index (χ2v) is 1.80. The van der Waals surface area contributed by atoms with E-state index >= 15 is 0 Å². The van der Waals surface area contributed by atoms with Crippen molar-refractivity contribution in [2.45, 2.75) is 12.5 Å². The molecule has 8 heavy (non-hydrogen) atoms. The van der Waals surface area contributed by atoms with E-state index in [-0.39, 0.29) is 6.04 Å². The molecule has 0 saturated carbocycles. The molecule has 1 heterocycles. The Labute approximate surface area is 47.1 Å². The minimum atomic E-state index is 0.00597. The minimum Gasteiger partial charge on any atom is -0.485 e. The normalized spacial score (nSPS) is 27.1. The monoisotopic (exact) mass is 113 g/mol. The largest absolute Gasteiger partial charge is 0.485 e. The van der Waals surface area contributed by atoms with Crippen LogP contribution in [0.5, 0.6) is 0 Å². The zero-order valence-electron chi connectivity index (χ0n) is 4.39. The van der Waals surface area contributed by atoms with Crippen LogP contribution in [0.2, 0.25) is 0 Å². The van der Waals surface area contributed by atoms with E-state index < -0.39 is 0 Å². The van der Waals surface area contributed by atoms with Crippen molar-refractivity contribution in [2.24, 2.45) is 5.73 Å². The molecule has 1 aliphatic heterocycles. The summed E-state index contributed by atoms with van der Waals surface area (Å²) >= 11 is 0. The van der Waals surface area contributed by atoms with Crippen molar-refractivity contribution in [1.29, 1.82) is 0 Å². The van der Waals surface area contributed by atoms with E-state index in [0.29, 0.717) is 18.8 Å². The first-order chi connectivity index (χ1) is 3.83. The number of hydrogen-bond donors (Lipinski definition) is 1. The molecule has 0 aromatic carbocycles. The van der Waals surface area contributed by atoms with Crippen molar-refractivity contribution in [3.63, 3.8) is 0 Å². The summed E-state index contributed by atoms with van der Waals surface area (Å²) in [4.78, 5) is 9.81. The lowest BCUT2D eigenvalue weighted by Crippen LogP contribution is -2.18. The molecule has 3 nitrogen and oxygen atoms in total. The van der Waals surface area contributed by atoms with Gasteiger partial charge in [-0.2, -0.15) is 0 Å². The van der Waals surface area contributed by atoms with Crippen molar-refractivity contribution < 1.29 is 9.53 Å². The first-order valence-electron chi connectivity index (χ1n) is 2.45. The van der Waals surface area contributed by atoms with Crippen LogP contribution in [0, 0.1) is 0 Å². The average Bonchev–Trinajstić information content (AvgIpc) is 2.14. The number of nitrogens with two attached hydrogens (primary N) is 1. The van der Waals surface area contributed by atoms with Crippen molar-refractivity contribution >= 4 is 5.94 Å². The van der Waals surface area contributed by atoms with Crippen molar-refractivity contribution in [3.05, 3.63) is 5.76 Å². The Bertz CT molecular complexity index is 137. The van der Waals surface area contributed by atoms with Gasteiger partial charge in [-0.15, -0.1) is 0 Å². The van der Waals surface area contributed by atoms with Crippen LogP contribution in [-0.2, 0) is 9.53 Å². The van der Waals surface area contributed by atoms with E-state index in [4.69, 9.17) is 10.5 Å². The summed E-state index contributed by atoms with van der Waals surface area (Å²) in [6, 6.07) is 0.00597. The predicted molar refractivity (Wildman–Crippen MR) is 27.8 cm³/mol. The third-order valence-corrected chi connectivity index (χ3v) is 1.03. The molecule has 0 bridgehead atoms. The maximum absolute atomic E-state index is 9.81. The molecule has 44 valence electrons. The third-order valence-electron chi connectivity index (χ3n) is 1.03. The Morgan fingerprint density at radius 2 is 2.62 bits per heavy atom. The smallest absolute Gasteiger partial charge is 0.181 e. The fourth-order valence-corrected chi connectivity index (χ4v) is 0.635. The number of hydrogen-bond acceptors (Lipinski definition) is 3. The second-order valence-electron chi connectivity index (χ2n) is 1.80. The fourth-order valence-electron chi connectivity index (χ4n) is 0.635. The van der Waals surface area contributed by atoms with Gasteiger partial charge >= 0.3 is 0 Å². The molecular weight excluding hydrogens is 106 g/mol. The molecule has 1 aliphatic rings. The third kappa shape index (κ3) is 0.886. The molecule has 2 N–H and O–H groups in total. The number of rotatable bonds is 0. The van der Waals surface area contributed by atoms with Gasteiger partial charge in [0.1, 0.15) is 6.61 Å². The zero-order valence-corrected chi connectivity index (χ0v) is 4.39. The Morgan fingerprint density at radius 1 is 1.88 bits per heavy atom. The summed E-state index contributed by atoms with van der Waals surface area (Å²) in [5, 5.41) is 0. The predicted octanol–water partition coefficient (Wildman–Crippen LogP) is -0.551. The van der Waals surface area contributed by atoms with Gasteiger partial charge in [0, 0.05) is 12.5 Å². The summed E-state index contributed by atoms with van der Waals surface area (Å²) in [5.74, 6) is 2.02. The molecule has 0 spiro atoms. The molecule has 0 aromatic rings. The van der Waals surface area contributed by atoms with Crippen LogP contribution in [0.15, 0.2) is 5.76 Å². The standard InChI is InChI=1S/C5H7NO2/c6-4-1-5(2-7)8-3-4/h4H,1,3,6H2/t4-/m0/s1. The van der Waals surface area contributed by atoms with Crippen LogP contribution in [0.25, 0.3) is 0 Å². The summed E-state index contributed by atoms with van der Waals surface area (Å²) in [6.07, 6.45) is 0.545. The van der Waals surface area contributed by atoms with Gasteiger partial charge in [-0.1, -0.05) is 0 Å². The van der Waals surface area contributed by atoms with Gasteiger partial charge in [0.05, 0.1) is 0 Å². The van der Waals surface area contributed by atoms with Crippen molar-refractivity contribution in [1.82, 2.24) is 0 Å². The average molecular weight is 113 g/mol. The van der Waals surface area contributed by atoms with Gasteiger partial charge in [-0.3, -0.25) is 0 Å². The quantitative estimate of drug-likeness (QED) is 0.429. The second kappa shape index (κ2) is 1.99. The van der Waals surface area contributed by atoms with E-state index in [9.17, 15) is 4.79 Å². The van der Waals surface area contributed by atoms with Crippen LogP contribution in [0.3, 0.4) is 0 Å². The van der Waals surface area contributed by atoms with E-state index in [2.05, 4.69) is 0 Å². The fraction of sp³-hybridized carbons (Fsp3) is 0.600. The Hall–Kier alpha value is -0.790. The van der Waals surface area contributed by atoms with E-state index in [0.717, 1.165) is 0 Å². The molecule has 0 aromatic heterocycles. The first kappa shape index (κ1) is 5.35. The molecular formula is C5H7NO2. The first-order valence-corrected chi connectivity index (χ1v) is 2.45. The van der Waals surface area contributed by atoms with E-state index in [1.165, 1.54) is 0 Å². The highest BCUT2D eigenvalue weighted by molar-refractivity contribution is 5.50. The lowest BCUT2D eigenvalue weighted by Gasteiger charge is -1.89. The highest BCUT2D eigenvalue weighted by Crippen LogP contribution is 2.10. The SMILES string of the molecule is N[C@@H]1COC(=C=O)C1. The van der Waals surface area contributed by atoms with E-state index in [1.54, 1.807) is 5.94 Å². The van der Waals surface area contributed by atoms with Crippen LogP contribution in [-0.4, -0.2) is 18.6 Å². The summed E-state index contributed by atoms with van der Waals surface area (Å²) in [7, 11) is 0. The molecule has 0 aliphatic carbocycles. The molecule has 0 radical (unpaired) electrons. The summed E-state index contributed by atoms with van der Waals surface area (Å²) in [6.45, 7) is 0.463. The maximum atomic E-state index is 9.81. The summed E-state index contributed by atoms with van der Waals surface area (Å²) in [5.41, 5.74) is 5.38. The molecule has 1 atom stereocenters. The van der Waals surface area contributed by atoms with Gasteiger partial charge in [0.15, 0.2) is 11.7 Å². The van der Waals surface area contributed by atoms with Crippen molar-refractivity contribution in [2.75, 3.05) is 6.61 Å². The van der Waals surface area contributed by atoms with Gasteiger partial charge < -0.3 is 10.5 Å². The zero-order chi connectivity index (χ0) is 5.98. The maximum Gasteiger partial charge on any atom is 0.181 e. The van der Waals surface area contributed by atoms with Crippen LogP contribution in [0.1, 0.15) is 6.42 Å². The number of carbonyl (C=O) groups excluding carboxylic acids is 1. The Morgan fingerprint density at radius 3 is 2.88 bits per heavy atom. The van der Waals surface area contributed by atoms with Gasteiger partial charge in [-0.25, -0.2) is 4.79 Å². The Kier molecular flexibility index (Phi) is 1.33. The van der Waals surface area contributed by atoms with Gasteiger partial charge in [0.25, 0.3) is 0 Å². The topological polar surface area (TPSA) is 52.3 Å². The molecule has 3 heteroatoms. The molecule has 0 unspecified atom stereocenters. The lowest BCUT2D eigenvalue weighted by molar-refractivity contribution is 0.258. The highest BCUT2D eigenvalue weighted by atomic mass is 16.5. The van der Waals surface area contributed by atoms with Crippen LogP contribution < -0.4 is 5.73 Å². The van der Waals surface area contributed by atoms with Crippen LogP contribution >= 0.6 is 0 Å². The van der Waals surface area contributed by atoms with Gasteiger partial charge in [-0.05, 0) is 0 Å². The van der Waals surface area contributed by atoms with Crippen molar-refractivity contribution in [3.8, 4) is 0 Å². The summed E-state index contributed by atoms with van der Waals surface area (Å²) < 4.78 is 4.78. The molecule has 1 saturated heterocycles. The molecule has 1 rings (SSSR count). The Balaban J connectivity index is 2.56. The minimum absolute atomic E-state index is 0.00597. The molecule has 1 fully saturated rings. The number of ether oxygens (including phenoxy) is 1. The van der Waals surface area contributed by atoms with Crippen LogP contribution in [0.4, 0.5) is 0 Å².